The number of aryl methyl sites for hydroxylation is 1. The zero-order chi connectivity index (χ0) is 20.0. The van der Waals surface area contributed by atoms with Gasteiger partial charge in [-0.05, 0) is 75.9 Å². The van der Waals surface area contributed by atoms with E-state index in [2.05, 4.69) is 9.80 Å². The molecular weight excluding hydrogens is 357 g/mol. The highest BCUT2D eigenvalue weighted by molar-refractivity contribution is 5.94. The molecular formula is C22H30FN3O2. The van der Waals surface area contributed by atoms with Crippen LogP contribution in [-0.2, 0) is 4.79 Å². The number of carbonyl (C=O) groups is 2. The molecule has 3 saturated heterocycles. The summed E-state index contributed by atoms with van der Waals surface area (Å²) in [6.07, 6.45) is 3.67. The Morgan fingerprint density at radius 1 is 1.21 bits per heavy atom. The molecule has 3 aliphatic rings. The second kappa shape index (κ2) is 7.47. The Morgan fingerprint density at radius 2 is 1.96 bits per heavy atom. The van der Waals surface area contributed by atoms with Crippen molar-refractivity contribution in [3.8, 4) is 0 Å². The number of amides is 2. The highest BCUT2D eigenvalue weighted by atomic mass is 19.1. The van der Waals surface area contributed by atoms with Crippen LogP contribution in [0.25, 0.3) is 0 Å². The van der Waals surface area contributed by atoms with Gasteiger partial charge in [0.05, 0.1) is 0 Å². The number of fused-ring (bicyclic) bond motifs is 4. The molecule has 3 heterocycles. The molecule has 1 aromatic rings. The van der Waals surface area contributed by atoms with Gasteiger partial charge in [0.1, 0.15) is 5.82 Å². The highest BCUT2D eigenvalue weighted by Gasteiger charge is 2.50. The summed E-state index contributed by atoms with van der Waals surface area (Å²) in [5.41, 5.74) is 1.19. The normalized spacial score (nSPS) is 29.8. The third kappa shape index (κ3) is 3.54. The van der Waals surface area contributed by atoms with Crippen molar-refractivity contribution in [3.63, 3.8) is 0 Å². The SMILES string of the molecule is Cc1cc(F)cc(C(=O)N2C[C@H]3C[C@@H](C2)[C@H](CN(C)C)N2C(=O)CCC[C@@H]32)c1. The molecule has 6 heteroatoms. The lowest BCUT2D eigenvalue weighted by Crippen LogP contribution is -2.67. The van der Waals surface area contributed by atoms with Crippen molar-refractivity contribution < 1.29 is 14.0 Å². The number of rotatable bonds is 3. The van der Waals surface area contributed by atoms with Crippen molar-refractivity contribution in [1.29, 1.82) is 0 Å². The van der Waals surface area contributed by atoms with Crippen LogP contribution in [-0.4, -0.2) is 72.3 Å². The number of benzene rings is 1. The van der Waals surface area contributed by atoms with Gasteiger partial charge in [0.15, 0.2) is 0 Å². The Hall–Kier alpha value is -1.95. The van der Waals surface area contributed by atoms with E-state index in [-0.39, 0.29) is 35.6 Å². The van der Waals surface area contributed by atoms with Gasteiger partial charge in [-0.2, -0.15) is 0 Å². The molecule has 0 aromatic heterocycles. The second-order valence-corrected chi connectivity index (χ2v) is 9.07. The molecule has 0 spiro atoms. The molecule has 0 unspecified atom stereocenters. The van der Waals surface area contributed by atoms with E-state index in [0.29, 0.717) is 31.0 Å². The minimum atomic E-state index is -0.366. The van der Waals surface area contributed by atoms with Crippen molar-refractivity contribution in [2.24, 2.45) is 11.8 Å². The predicted octanol–water partition coefficient (Wildman–Crippen LogP) is 2.54. The van der Waals surface area contributed by atoms with Crippen molar-refractivity contribution in [3.05, 3.63) is 35.1 Å². The first-order chi connectivity index (χ1) is 13.3. The number of piperidine rings is 3. The third-order valence-electron chi connectivity index (χ3n) is 6.63. The Labute approximate surface area is 166 Å². The molecule has 0 N–H and O–H groups in total. The third-order valence-corrected chi connectivity index (χ3v) is 6.63. The summed E-state index contributed by atoms with van der Waals surface area (Å²) in [5.74, 6) is 0.419. The maximum atomic E-state index is 13.8. The quantitative estimate of drug-likeness (QED) is 0.801. The van der Waals surface area contributed by atoms with Crippen LogP contribution in [0.15, 0.2) is 18.2 Å². The fraction of sp³-hybridized carbons (Fsp3) is 0.636. The van der Waals surface area contributed by atoms with Gasteiger partial charge < -0.3 is 14.7 Å². The van der Waals surface area contributed by atoms with Gasteiger partial charge in [-0.3, -0.25) is 9.59 Å². The lowest BCUT2D eigenvalue weighted by molar-refractivity contribution is -0.152. The summed E-state index contributed by atoms with van der Waals surface area (Å²) in [6.45, 7) is 3.93. The van der Waals surface area contributed by atoms with Crippen LogP contribution in [0.4, 0.5) is 4.39 Å². The molecule has 0 aliphatic carbocycles. The van der Waals surface area contributed by atoms with E-state index in [1.807, 2.05) is 25.9 Å². The van der Waals surface area contributed by atoms with E-state index in [1.54, 1.807) is 6.07 Å². The van der Waals surface area contributed by atoms with Gasteiger partial charge in [-0.25, -0.2) is 4.39 Å². The summed E-state index contributed by atoms with van der Waals surface area (Å²) in [7, 11) is 4.08. The van der Waals surface area contributed by atoms with Crippen LogP contribution in [0, 0.1) is 24.6 Å². The molecule has 1 aromatic carbocycles. The Balaban J connectivity index is 1.61. The minimum Gasteiger partial charge on any atom is -0.338 e. The summed E-state index contributed by atoms with van der Waals surface area (Å²) in [4.78, 5) is 32.1. The highest BCUT2D eigenvalue weighted by Crippen LogP contribution is 2.42. The zero-order valence-electron chi connectivity index (χ0n) is 17.0. The Morgan fingerprint density at radius 3 is 2.68 bits per heavy atom. The van der Waals surface area contributed by atoms with Crippen LogP contribution in [0.2, 0.25) is 0 Å². The topological polar surface area (TPSA) is 43.9 Å². The van der Waals surface area contributed by atoms with Crippen molar-refractivity contribution in [1.82, 2.24) is 14.7 Å². The molecule has 0 saturated carbocycles. The average Bonchev–Trinajstić information content (AvgIpc) is 2.63. The van der Waals surface area contributed by atoms with E-state index in [1.165, 1.54) is 12.1 Å². The fourth-order valence-electron chi connectivity index (χ4n) is 5.59. The van der Waals surface area contributed by atoms with Crippen molar-refractivity contribution >= 4 is 11.8 Å². The summed E-state index contributed by atoms with van der Waals surface area (Å²) < 4.78 is 13.8. The van der Waals surface area contributed by atoms with Crippen LogP contribution in [0.3, 0.4) is 0 Å². The molecule has 4 atom stereocenters. The molecule has 5 nitrogen and oxygen atoms in total. The lowest BCUT2D eigenvalue weighted by atomic mass is 9.72. The largest absolute Gasteiger partial charge is 0.338 e. The van der Waals surface area contributed by atoms with E-state index in [4.69, 9.17) is 0 Å². The fourth-order valence-corrected chi connectivity index (χ4v) is 5.59. The van der Waals surface area contributed by atoms with Gasteiger partial charge in [0, 0.05) is 43.7 Å². The van der Waals surface area contributed by atoms with E-state index < -0.39 is 0 Å². The van der Waals surface area contributed by atoms with Gasteiger partial charge in [-0.1, -0.05) is 0 Å². The molecule has 0 radical (unpaired) electrons. The predicted molar refractivity (Wildman–Crippen MR) is 105 cm³/mol. The monoisotopic (exact) mass is 387 g/mol. The average molecular weight is 387 g/mol. The number of hydrogen-bond acceptors (Lipinski definition) is 3. The Kier molecular flexibility index (Phi) is 5.17. The van der Waals surface area contributed by atoms with Crippen LogP contribution >= 0.6 is 0 Å². The standard InChI is InChI=1S/C22H30FN3O2/c1-14-7-15(10-18(23)8-14)22(28)25-11-16-9-17(12-25)20(13-24(2)3)26-19(16)5-4-6-21(26)27/h7-8,10,16-17,19-20H,4-6,9,11-13H2,1-3H3/t16-,17+,19+,20+/m1/s1. The lowest BCUT2D eigenvalue weighted by Gasteiger charge is -2.57. The number of halogens is 1. The van der Waals surface area contributed by atoms with Gasteiger partial charge >= 0.3 is 0 Å². The first-order valence-electron chi connectivity index (χ1n) is 10.4. The van der Waals surface area contributed by atoms with Crippen molar-refractivity contribution in [2.75, 3.05) is 33.7 Å². The molecule has 3 fully saturated rings. The van der Waals surface area contributed by atoms with Crippen molar-refractivity contribution in [2.45, 2.75) is 44.7 Å². The maximum Gasteiger partial charge on any atom is 0.253 e. The molecule has 2 bridgehead atoms. The number of likely N-dealkylation sites (N-methyl/N-ethyl adjacent to an activating group) is 1. The first-order valence-corrected chi connectivity index (χ1v) is 10.4. The van der Waals surface area contributed by atoms with Gasteiger partial charge in [0.2, 0.25) is 5.91 Å². The molecule has 28 heavy (non-hydrogen) atoms. The minimum absolute atomic E-state index is 0.0866. The molecule has 3 aliphatic heterocycles. The van der Waals surface area contributed by atoms with E-state index >= 15 is 0 Å². The second-order valence-electron chi connectivity index (χ2n) is 9.07. The maximum absolute atomic E-state index is 13.8. The first kappa shape index (κ1) is 19.4. The van der Waals surface area contributed by atoms with Crippen LogP contribution < -0.4 is 0 Å². The summed E-state index contributed by atoms with van der Waals surface area (Å²) in [5, 5.41) is 0. The summed E-state index contributed by atoms with van der Waals surface area (Å²) in [6, 6.07) is 4.93. The Bertz CT molecular complexity index is 761. The van der Waals surface area contributed by atoms with Crippen LogP contribution in [0.1, 0.15) is 41.6 Å². The number of nitrogens with zero attached hydrogens (tertiary/aromatic N) is 3. The van der Waals surface area contributed by atoms with Gasteiger partial charge in [-0.15, -0.1) is 0 Å². The van der Waals surface area contributed by atoms with Gasteiger partial charge in [0.25, 0.3) is 5.91 Å². The molecule has 2 amide bonds. The zero-order valence-corrected chi connectivity index (χ0v) is 17.0. The number of hydrogen-bond donors (Lipinski definition) is 0. The smallest absolute Gasteiger partial charge is 0.253 e. The molecule has 4 rings (SSSR count). The van der Waals surface area contributed by atoms with E-state index in [0.717, 1.165) is 31.4 Å². The number of carbonyl (C=O) groups excluding carboxylic acids is 2. The van der Waals surface area contributed by atoms with Crippen LogP contribution in [0.5, 0.6) is 0 Å². The molecule has 152 valence electrons. The summed E-state index contributed by atoms with van der Waals surface area (Å²) >= 11 is 0. The van der Waals surface area contributed by atoms with E-state index in [9.17, 15) is 14.0 Å². The number of likely N-dealkylation sites (tertiary alicyclic amines) is 1.